The van der Waals surface area contributed by atoms with Crippen molar-refractivity contribution in [3.05, 3.63) is 11.6 Å². The molecule has 0 aromatic rings. The first kappa shape index (κ1) is 8.27. The number of hydrogen-bond donors (Lipinski definition) is 0. The zero-order valence-corrected chi connectivity index (χ0v) is 6.63. The van der Waals surface area contributed by atoms with Crippen LogP contribution >= 0.6 is 0 Å². The first-order chi connectivity index (χ1) is 5.33. The van der Waals surface area contributed by atoms with E-state index in [-0.39, 0.29) is 5.97 Å². The van der Waals surface area contributed by atoms with E-state index in [1.165, 1.54) is 7.11 Å². The molecule has 0 amide bonds. The van der Waals surface area contributed by atoms with Crippen LogP contribution in [0.1, 0.15) is 12.8 Å². The van der Waals surface area contributed by atoms with Gasteiger partial charge in [0.05, 0.1) is 26.7 Å². The van der Waals surface area contributed by atoms with Crippen LogP contribution in [0.3, 0.4) is 0 Å². The predicted molar refractivity (Wildman–Crippen MR) is 40.2 cm³/mol. The zero-order valence-electron chi connectivity index (χ0n) is 6.63. The summed E-state index contributed by atoms with van der Waals surface area (Å²) >= 11 is 0. The van der Waals surface area contributed by atoms with Gasteiger partial charge in [-0.3, -0.25) is 4.79 Å². The third-order valence-corrected chi connectivity index (χ3v) is 1.66. The highest BCUT2D eigenvalue weighted by Gasteiger charge is 2.08. The minimum atomic E-state index is -0.168. The van der Waals surface area contributed by atoms with Crippen molar-refractivity contribution in [1.82, 2.24) is 0 Å². The molecule has 3 heteroatoms. The average molecular weight is 156 g/mol. The molecule has 0 aromatic heterocycles. The van der Waals surface area contributed by atoms with E-state index in [0.29, 0.717) is 13.0 Å². The summed E-state index contributed by atoms with van der Waals surface area (Å²) in [4.78, 5) is 10.8. The minimum absolute atomic E-state index is 0.168. The Kier molecular flexibility index (Phi) is 3.11. The number of hydrogen-bond acceptors (Lipinski definition) is 3. The maximum Gasteiger partial charge on any atom is 0.309 e. The third-order valence-electron chi connectivity index (χ3n) is 1.66. The Bertz CT molecular complexity index is 172. The van der Waals surface area contributed by atoms with Gasteiger partial charge in [0.1, 0.15) is 0 Å². The summed E-state index contributed by atoms with van der Waals surface area (Å²) in [5.74, 6) is -0.168. The zero-order chi connectivity index (χ0) is 8.10. The minimum Gasteiger partial charge on any atom is -0.469 e. The molecule has 1 aliphatic heterocycles. The van der Waals surface area contributed by atoms with Crippen LogP contribution in [0, 0.1) is 0 Å². The largest absolute Gasteiger partial charge is 0.469 e. The normalized spacial score (nSPS) is 17.4. The van der Waals surface area contributed by atoms with Gasteiger partial charge in [0.25, 0.3) is 0 Å². The molecule has 1 heterocycles. The molecule has 0 N–H and O–H groups in total. The first-order valence-corrected chi connectivity index (χ1v) is 3.65. The highest BCUT2D eigenvalue weighted by Crippen LogP contribution is 2.11. The summed E-state index contributed by atoms with van der Waals surface area (Å²) in [7, 11) is 1.40. The molecule has 0 unspecified atom stereocenters. The second kappa shape index (κ2) is 4.13. The molecule has 0 saturated heterocycles. The Morgan fingerprint density at radius 2 is 2.64 bits per heavy atom. The van der Waals surface area contributed by atoms with Crippen LogP contribution in [-0.2, 0) is 14.3 Å². The van der Waals surface area contributed by atoms with Crippen LogP contribution < -0.4 is 0 Å². The van der Waals surface area contributed by atoms with Gasteiger partial charge >= 0.3 is 5.97 Å². The van der Waals surface area contributed by atoms with E-state index in [2.05, 4.69) is 4.74 Å². The standard InChI is InChI=1S/C8H12O3/c1-10-8(9)6-7-2-4-11-5-3-7/h2H,3-6H2,1H3. The van der Waals surface area contributed by atoms with Gasteiger partial charge in [-0.1, -0.05) is 11.6 Å². The predicted octanol–water partition coefficient (Wildman–Crippen LogP) is 0.896. The molecule has 1 aliphatic rings. The van der Waals surface area contributed by atoms with E-state index in [1.807, 2.05) is 6.08 Å². The van der Waals surface area contributed by atoms with Crippen molar-refractivity contribution < 1.29 is 14.3 Å². The fraction of sp³-hybridized carbons (Fsp3) is 0.625. The lowest BCUT2D eigenvalue weighted by atomic mass is 10.1. The van der Waals surface area contributed by atoms with E-state index in [4.69, 9.17) is 4.74 Å². The number of carbonyl (C=O) groups is 1. The van der Waals surface area contributed by atoms with Gasteiger partial charge in [0.2, 0.25) is 0 Å². The molecular weight excluding hydrogens is 144 g/mol. The monoisotopic (exact) mass is 156 g/mol. The quantitative estimate of drug-likeness (QED) is 0.440. The fourth-order valence-electron chi connectivity index (χ4n) is 0.984. The van der Waals surface area contributed by atoms with Gasteiger partial charge in [-0.05, 0) is 6.42 Å². The lowest BCUT2D eigenvalue weighted by Gasteiger charge is -2.11. The van der Waals surface area contributed by atoms with E-state index in [9.17, 15) is 4.79 Å². The molecule has 0 aliphatic carbocycles. The van der Waals surface area contributed by atoms with Crippen molar-refractivity contribution in [1.29, 1.82) is 0 Å². The second-order valence-corrected chi connectivity index (χ2v) is 2.44. The van der Waals surface area contributed by atoms with Crippen molar-refractivity contribution >= 4 is 5.97 Å². The Balaban J connectivity index is 2.35. The Labute approximate surface area is 66.0 Å². The van der Waals surface area contributed by atoms with Crippen LogP contribution in [0.5, 0.6) is 0 Å². The molecule has 1 rings (SSSR count). The second-order valence-electron chi connectivity index (χ2n) is 2.44. The van der Waals surface area contributed by atoms with E-state index >= 15 is 0 Å². The molecule has 3 nitrogen and oxygen atoms in total. The van der Waals surface area contributed by atoms with Crippen LogP contribution in [0.15, 0.2) is 11.6 Å². The summed E-state index contributed by atoms with van der Waals surface area (Å²) in [6.07, 6.45) is 3.22. The SMILES string of the molecule is COC(=O)CC1=CCOCC1. The van der Waals surface area contributed by atoms with Crippen molar-refractivity contribution in [2.24, 2.45) is 0 Å². The maximum absolute atomic E-state index is 10.8. The average Bonchev–Trinajstić information content (AvgIpc) is 2.06. The van der Waals surface area contributed by atoms with Crippen LogP contribution in [-0.4, -0.2) is 26.3 Å². The van der Waals surface area contributed by atoms with Crippen molar-refractivity contribution in [3.63, 3.8) is 0 Å². The molecule has 0 aromatic carbocycles. The summed E-state index contributed by atoms with van der Waals surface area (Å²) in [5.41, 5.74) is 1.13. The first-order valence-electron chi connectivity index (χ1n) is 3.65. The summed E-state index contributed by atoms with van der Waals surface area (Å²) in [6.45, 7) is 1.36. The van der Waals surface area contributed by atoms with Gasteiger partial charge in [-0.25, -0.2) is 0 Å². The Morgan fingerprint density at radius 1 is 1.82 bits per heavy atom. The Hall–Kier alpha value is -0.830. The fourth-order valence-corrected chi connectivity index (χ4v) is 0.984. The summed E-state index contributed by atoms with van der Waals surface area (Å²) in [5, 5.41) is 0. The van der Waals surface area contributed by atoms with Crippen LogP contribution in [0.25, 0.3) is 0 Å². The molecule has 0 saturated carbocycles. The molecule has 0 bridgehead atoms. The van der Waals surface area contributed by atoms with Gasteiger partial charge in [-0.15, -0.1) is 0 Å². The number of ether oxygens (including phenoxy) is 2. The summed E-state index contributed by atoms with van der Waals surface area (Å²) in [6, 6.07) is 0. The van der Waals surface area contributed by atoms with Crippen molar-refractivity contribution in [2.75, 3.05) is 20.3 Å². The topological polar surface area (TPSA) is 35.5 Å². The maximum atomic E-state index is 10.8. The van der Waals surface area contributed by atoms with Crippen molar-refractivity contribution in [3.8, 4) is 0 Å². The van der Waals surface area contributed by atoms with Gasteiger partial charge in [0, 0.05) is 0 Å². The van der Waals surface area contributed by atoms with Crippen molar-refractivity contribution in [2.45, 2.75) is 12.8 Å². The number of methoxy groups -OCH3 is 1. The van der Waals surface area contributed by atoms with Gasteiger partial charge in [0.15, 0.2) is 0 Å². The van der Waals surface area contributed by atoms with Gasteiger partial charge < -0.3 is 9.47 Å². The lowest BCUT2D eigenvalue weighted by Crippen LogP contribution is -2.09. The lowest BCUT2D eigenvalue weighted by molar-refractivity contribution is -0.139. The number of rotatable bonds is 2. The molecule has 0 atom stereocenters. The van der Waals surface area contributed by atoms with Crippen LogP contribution in [0.2, 0.25) is 0 Å². The molecule has 0 spiro atoms. The number of carbonyl (C=O) groups excluding carboxylic acids is 1. The number of esters is 1. The van der Waals surface area contributed by atoms with E-state index < -0.39 is 0 Å². The summed E-state index contributed by atoms with van der Waals surface area (Å²) < 4.78 is 9.62. The van der Waals surface area contributed by atoms with Gasteiger partial charge in [-0.2, -0.15) is 0 Å². The van der Waals surface area contributed by atoms with E-state index in [1.54, 1.807) is 0 Å². The smallest absolute Gasteiger partial charge is 0.309 e. The van der Waals surface area contributed by atoms with Crippen LogP contribution in [0.4, 0.5) is 0 Å². The molecule has 0 radical (unpaired) electrons. The molecule has 62 valence electrons. The highest BCUT2D eigenvalue weighted by atomic mass is 16.5. The third kappa shape index (κ3) is 2.72. The highest BCUT2D eigenvalue weighted by molar-refractivity contribution is 5.72. The molecule has 0 fully saturated rings. The Morgan fingerprint density at radius 3 is 3.18 bits per heavy atom. The molecular formula is C8H12O3. The molecule has 11 heavy (non-hydrogen) atoms. The van der Waals surface area contributed by atoms with E-state index in [0.717, 1.165) is 18.6 Å².